The van der Waals surface area contributed by atoms with Gasteiger partial charge in [-0.15, -0.1) is 0 Å². The Morgan fingerprint density at radius 1 is 1.47 bits per heavy atom. The Morgan fingerprint density at radius 2 is 2.12 bits per heavy atom. The number of rotatable bonds is 5. The topological polar surface area (TPSA) is 57.5 Å². The summed E-state index contributed by atoms with van der Waals surface area (Å²) in [6.07, 6.45) is -0.428. The maximum Gasteiger partial charge on any atom is 0.338 e. The maximum absolute atomic E-state index is 13.3. The van der Waals surface area contributed by atoms with E-state index in [9.17, 15) is 14.3 Å². The van der Waals surface area contributed by atoms with Gasteiger partial charge in [0.1, 0.15) is 5.82 Å². The predicted molar refractivity (Wildman–Crippen MR) is 65.8 cm³/mol. The summed E-state index contributed by atoms with van der Waals surface area (Å²) in [4.78, 5) is 10.6. The smallest absolute Gasteiger partial charge is 0.338 e. The molecule has 0 bridgehead atoms. The van der Waals surface area contributed by atoms with Crippen LogP contribution in [-0.4, -0.2) is 27.5 Å². The SMILES string of the molecule is CC(O)C(C)SCc1ccc(C(=O)O)c(F)c1. The molecule has 0 heterocycles. The first-order valence-corrected chi connectivity index (χ1v) is 6.28. The van der Waals surface area contributed by atoms with Gasteiger partial charge in [-0.3, -0.25) is 0 Å². The van der Waals surface area contributed by atoms with Crippen LogP contribution >= 0.6 is 11.8 Å². The number of aliphatic hydroxyl groups excluding tert-OH is 1. The summed E-state index contributed by atoms with van der Waals surface area (Å²) in [5.41, 5.74) is 0.396. The Morgan fingerprint density at radius 3 is 2.59 bits per heavy atom. The van der Waals surface area contributed by atoms with Gasteiger partial charge in [0.25, 0.3) is 0 Å². The molecule has 0 spiro atoms. The number of carbonyl (C=O) groups is 1. The van der Waals surface area contributed by atoms with Gasteiger partial charge in [0.2, 0.25) is 0 Å². The minimum atomic E-state index is -1.26. The van der Waals surface area contributed by atoms with Crippen molar-refractivity contribution >= 4 is 17.7 Å². The Hall–Kier alpha value is -1.07. The van der Waals surface area contributed by atoms with Crippen molar-refractivity contribution in [1.29, 1.82) is 0 Å². The minimum absolute atomic E-state index is 0.0530. The van der Waals surface area contributed by atoms with Crippen LogP contribution in [0.3, 0.4) is 0 Å². The number of hydrogen-bond acceptors (Lipinski definition) is 3. The number of carboxylic acids is 1. The van der Waals surface area contributed by atoms with Crippen LogP contribution < -0.4 is 0 Å². The molecule has 0 fully saturated rings. The van der Waals surface area contributed by atoms with Crippen LogP contribution in [0.2, 0.25) is 0 Å². The molecule has 0 aliphatic rings. The van der Waals surface area contributed by atoms with Gasteiger partial charge in [0, 0.05) is 11.0 Å². The number of aromatic carboxylic acids is 1. The summed E-state index contributed by atoms with van der Waals surface area (Å²) in [5.74, 6) is -1.44. The summed E-state index contributed by atoms with van der Waals surface area (Å²) in [6.45, 7) is 3.59. The third-order valence-electron chi connectivity index (χ3n) is 2.46. The Bertz CT molecular complexity index is 407. The first kappa shape index (κ1) is 14.0. The van der Waals surface area contributed by atoms with Crippen molar-refractivity contribution in [1.82, 2.24) is 0 Å². The summed E-state index contributed by atoms with van der Waals surface area (Å²) in [6, 6.07) is 4.08. The molecule has 0 radical (unpaired) electrons. The van der Waals surface area contributed by atoms with Crippen LogP contribution in [0.15, 0.2) is 18.2 Å². The molecule has 0 aliphatic carbocycles. The minimum Gasteiger partial charge on any atom is -0.478 e. The summed E-state index contributed by atoms with van der Waals surface area (Å²) >= 11 is 1.50. The average molecular weight is 258 g/mol. The quantitative estimate of drug-likeness (QED) is 0.852. The second kappa shape index (κ2) is 6.02. The highest BCUT2D eigenvalue weighted by molar-refractivity contribution is 7.99. The van der Waals surface area contributed by atoms with Gasteiger partial charge in [-0.2, -0.15) is 11.8 Å². The number of halogens is 1. The lowest BCUT2D eigenvalue weighted by Gasteiger charge is -2.14. The zero-order valence-electron chi connectivity index (χ0n) is 9.68. The standard InChI is InChI=1S/C12H15FO3S/c1-7(14)8(2)17-6-9-3-4-10(12(15)16)11(13)5-9/h3-5,7-8,14H,6H2,1-2H3,(H,15,16). The van der Waals surface area contributed by atoms with E-state index in [2.05, 4.69) is 0 Å². The summed E-state index contributed by atoms with van der Waals surface area (Å²) in [7, 11) is 0. The van der Waals surface area contributed by atoms with Crippen molar-refractivity contribution in [2.45, 2.75) is 31.0 Å². The molecular weight excluding hydrogens is 243 g/mol. The Balaban J connectivity index is 2.68. The highest BCUT2D eigenvalue weighted by Gasteiger charge is 2.12. The molecule has 2 atom stereocenters. The van der Waals surface area contributed by atoms with E-state index in [4.69, 9.17) is 5.11 Å². The molecule has 0 saturated carbocycles. The predicted octanol–water partition coefficient (Wildman–Crippen LogP) is 2.53. The third kappa shape index (κ3) is 4.02. The van der Waals surface area contributed by atoms with Crippen molar-refractivity contribution in [3.8, 4) is 0 Å². The fourth-order valence-electron chi connectivity index (χ4n) is 1.19. The van der Waals surface area contributed by atoms with E-state index in [1.807, 2.05) is 6.92 Å². The zero-order chi connectivity index (χ0) is 13.0. The normalized spacial score (nSPS) is 14.4. The molecule has 0 aromatic heterocycles. The van der Waals surface area contributed by atoms with E-state index in [0.717, 1.165) is 0 Å². The van der Waals surface area contributed by atoms with E-state index in [0.29, 0.717) is 11.3 Å². The van der Waals surface area contributed by atoms with Gasteiger partial charge >= 0.3 is 5.97 Å². The van der Waals surface area contributed by atoms with Crippen molar-refractivity contribution < 1.29 is 19.4 Å². The van der Waals surface area contributed by atoms with Gasteiger partial charge in [0.15, 0.2) is 0 Å². The fourth-order valence-corrected chi connectivity index (χ4v) is 2.10. The van der Waals surface area contributed by atoms with Gasteiger partial charge in [0.05, 0.1) is 11.7 Å². The monoisotopic (exact) mass is 258 g/mol. The maximum atomic E-state index is 13.3. The van der Waals surface area contributed by atoms with Crippen LogP contribution in [0.5, 0.6) is 0 Å². The van der Waals surface area contributed by atoms with Gasteiger partial charge in [-0.25, -0.2) is 9.18 Å². The molecule has 0 saturated heterocycles. The first-order valence-electron chi connectivity index (χ1n) is 5.23. The average Bonchev–Trinajstić information content (AvgIpc) is 2.25. The van der Waals surface area contributed by atoms with E-state index < -0.39 is 17.9 Å². The molecule has 0 aliphatic heterocycles. The Labute approximate surface area is 104 Å². The van der Waals surface area contributed by atoms with Crippen LogP contribution in [0.25, 0.3) is 0 Å². The molecule has 1 aromatic carbocycles. The zero-order valence-corrected chi connectivity index (χ0v) is 10.5. The molecular formula is C12H15FO3S. The third-order valence-corrected chi connectivity index (χ3v) is 3.88. The summed E-state index contributed by atoms with van der Waals surface area (Å²) in [5, 5.41) is 18.0. The van der Waals surface area contributed by atoms with Crippen LogP contribution in [0.1, 0.15) is 29.8 Å². The molecule has 1 aromatic rings. The molecule has 2 unspecified atom stereocenters. The second-order valence-electron chi connectivity index (χ2n) is 3.88. The first-order chi connectivity index (χ1) is 7.91. The van der Waals surface area contributed by atoms with E-state index in [-0.39, 0.29) is 10.8 Å². The molecule has 1 rings (SSSR count). The molecule has 2 N–H and O–H groups in total. The van der Waals surface area contributed by atoms with Gasteiger partial charge in [-0.1, -0.05) is 13.0 Å². The van der Waals surface area contributed by atoms with Crippen molar-refractivity contribution in [2.24, 2.45) is 0 Å². The van der Waals surface area contributed by atoms with Crippen LogP contribution in [0.4, 0.5) is 4.39 Å². The number of hydrogen-bond donors (Lipinski definition) is 2. The van der Waals surface area contributed by atoms with Crippen molar-refractivity contribution in [3.05, 3.63) is 35.1 Å². The lowest BCUT2D eigenvalue weighted by atomic mass is 10.1. The molecule has 0 amide bonds. The molecule has 17 heavy (non-hydrogen) atoms. The second-order valence-corrected chi connectivity index (χ2v) is 5.24. The Kier molecular flexibility index (Phi) is 4.96. The largest absolute Gasteiger partial charge is 0.478 e. The lowest BCUT2D eigenvalue weighted by Crippen LogP contribution is -2.15. The van der Waals surface area contributed by atoms with Crippen LogP contribution in [0, 0.1) is 5.82 Å². The van der Waals surface area contributed by atoms with Crippen molar-refractivity contribution in [3.63, 3.8) is 0 Å². The molecule has 3 nitrogen and oxygen atoms in total. The molecule has 94 valence electrons. The highest BCUT2D eigenvalue weighted by atomic mass is 32.2. The number of thioether (sulfide) groups is 1. The lowest BCUT2D eigenvalue weighted by molar-refractivity contribution is 0.0692. The van der Waals surface area contributed by atoms with E-state index in [1.165, 1.54) is 23.9 Å². The summed E-state index contributed by atoms with van der Waals surface area (Å²) < 4.78 is 13.3. The fraction of sp³-hybridized carbons (Fsp3) is 0.417. The number of aliphatic hydroxyl groups is 1. The van der Waals surface area contributed by atoms with E-state index in [1.54, 1.807) is 13.0 Å². The number of benzene rings is 1. The van der Waals surface area contributed by atoms with Crippen molar-refractivity contribution in [2.75, 3.05) is 0 Å². The highest BCUT2D eigenvalue weighted by Crippen LogP contribution is 2.21. The van der Waals surface area contributed by atoms with Gasteiger partial charge in [-0.05, 0) is 24.6 Å². The van der Waals surface area contributed by atoms with Gasteiger partial charge < -0.3 is 10.2 Å². The molecule has 5 heteroatoms. The van der Waals surface area contributed by atoms with Crippen LogP contribution in [-0.2, 0) is 5.75 Å². The van der Waals surface area contributed by atoms with E-state index >= 15 is 0 Å². The number of carboxylic acid groups (broad SMARTS) is 1.